The van der Waals surface area contributed by atoms with Crippen molar-refractivity contribution in [2.75, 3.05) is 6.61 Å². The van der Waals surface area contributed by atoms with Crippen LogP contribution in [0.15, 0.2) is 24.3 Å². The minimum atomic E-state index is -1.00. The number of carboxylic acids is 1. The summed E-state index contributed by atoms with van der Waals surface area (Å²) in [6.07, 6.45) is 0.822. The molecule has 0 saturated carbocycles. The number of nitrogens with one attached hydrogen (secondary N) is 1. The van der Waals surface area contributed by atoms with Crippen LogP contribution in [0, 0.1) is 5.92 Å². The fourth-order valence-electron chi connectivity index (χ4n) is 2.27. The molecule has 2 N–H and O–H groups in total. The van der Waals surface area contributed by atoms with E-state index in [9.17, 15) is 14.7 Å². The molecule has 0 aliphatic heterocycles. The Labute approximate surface area is 138 Å². The lowest BCUT2D eigenvalue weighted by Crippen LogP contribution is -2.45. The van der Waals surface area contributed by atoms with E-state index in [1.807, 2.05) is 38.1 Å². The Morgan fingerprint density at radius 3 is 2.43 bits per heavy atom. The molecular formula is C18H27NO4. The van der Waals surface area contributed by atoms with Crippen LogP contribution in [0.1, 0.15) is 52.0 Å². The van der Waals surface area contributed by atoms with Gasteiger partial charge >= 0.3 is 5.97 Å². The number of carbonyl (C=O) groups is 2. The molecule has 128 valence electrons. The molecule has 1 aromatic rings. The monoisotopic (exact) mass is 321 g/mol. The summed E-state index contributed by atoms with van der Waals surface area (Å²) in [4.78, 5) is 23.1. The van der Waals surface area contributed by atoms with E-state index in [1.54, 1.807) is 0 Å². The minimum Gasteiger partial charge on any atom is -0.493 e. The van der Waals surface area contributed by atoms with Crippen molar-refractivity contribution >= 4 is 11.9 Å². The van der Waals surface area contributed by atoms with Crippen LogP contribution in [0.4, 0.5) is 0 Å². The highest BCUT2D eigenvalue weighted by molar-refractivity contribution is 5.83. The number of ether oxygens (including phenoxy) is 1. The molecule has 0 bridgehead atoms. The second kappa shape index (κ2) is 9.18. The molecule has 0 aromatic heterocycles. The minimum absolute atomic E-state index is 0.112. The van der Waals surface area contributed by atoms with Crippen molar-refractivity contribution in [3.63, 3.8) is 0 Å². The topological polar surface area (TPSA) is 75.6 Å². The lowest BCUT2D eigenvalue weighted by Gasteiger charge is -2.20. The Bertz CT molecular complexity index is 528. The second-order valence-corrected chi connectivity index (χ2v) is 6.06. The van der Waals surface area contributed by atoms with E-state index in [4.69, 9.17) is 4.74 Å². The largest absolute Gasteiger partial charge is 0.493 e. The summed E-state index contributed by atoms with van der Waals surface area (Å²) in [7, 11) is 0. The van der Waals surface area contributed by atoms with Gasteiger partial charge in [-0.1, -0.05) is 52.3 Å². The Hall–Kier alpha value is -2.04. The molecular weight excluding hydrogens is 294 g/mol. The van der Waals surface area contributed by atoms with Crippen LogP contribution >= 0.6 is 0 Å². The number of carboxylic acid groups (broad SMARTS) is 1. The predicted octanol–water partition coefficient (Wildman–Crippen LogP) is 3.19. The fraction of sp³-hybridized carbons (Fsp3) is 0.556. The molecule has 5 heteroatoms. The van der Waals surface area contributed by atoms with E-state index >= 15 is 0 Å². The average molecular weight is 321 g/mol. The molecule has 0 heterocycles. The molecule has 0 aliphatic rings. The number of amides is 1. The highest BCUT2D eigenvalue weighted by Crippen LogP contribution is 2.25. The van der Waals surface area contributed by atoms with Crippen molar-refractivity contribution in [2.24, 2.45) is 5.92 Å². The third-order valence-corrected chi connectivity index (χ3v) is 3.92. The van der Waals surface area contributed by atoms with Crippen LogP contribution in [-0.2, 0) is 9.59 Å². The van der Waals surface area contributed by atoms with Crippen molar-refractivity contribution in [1.82, 2.24) is 5.32 Å². The van der Waals surface area contributed by atoms with Gasteiger partial charge in [0.15, 0.2) is 0 Å². The van der Waals surface area contributed by atoms with Crippen molar-refractivity contribution in [3.05, 3.63) is 29.8 Å². The first-order chi connectivity index (χ1) is 10.9. The molecule has 5 nitrogen and oxygen atoms in total. The third kappa shape index (κ3) is 5.93. The van der Waals surface area contributed by atoms with Gasteiger partial charge in [-0.3, -0.25) is 4.79 Å². The van der Waals surface area contributed by atoms with Crippen molar-refractivity contribution in [1.29, 1.82) is 0 Å². The zero-order valence-electron chi connectivity index (χ0n) is 14.3. The molecule has 2 unspecified atom stereocenters. The summed E-state index contributed by atoms with van der Waals surface area (Å²) in [5, 5.41) is 11.8. The Kier molecular flexibility index (Phi) is 7.59. The van der Waals surface area contributed by atoms with Gasteiger partial charge in [-0.15, -0.1) is 0 Å². The molecule has 1 aromatic carbocycles. The van der Waals surface area contributed by atoms with Crippen molar-refractivity contribution < 1.29 is 19.4 Å². The van der Waals surface area contributed by atoms with Crippen LogP contribution in [0.2, 0.25) is 0 Å². The molecule has 23 heavy (non-hydrogen) atoms. The Balaban J connectivity index is 2.52. The number of benzene rings is 1. The molecule has 1 amide bonds. The van der Waals surface area contributed by atoms with Crippen LogP contribution in [0.5, 0.6) is 5.75 Å². The number of hydrogen-bond donors (Lipinski definition) is 2. The maximum atomic E-state index is 11.9. The summed E-state index contributed by atoms with van der Waals surface area (Å²) >= 11 is 0. The molecule has 1 rings (SSSR count). The van der Waals surface area contributed by atoms with E-state index in [0.29, 0.717) is 12.3 Å². The summed E-state index contributed by atoms with van der Waals surface area (Å²) in [6, 6.07) is 6.88. The standard InChI is InChI=1S/C18H27NO4/c1-5-13(4)17(18(21)22)19-16(20)10-11-23-15-9-7-6-8-14(15)12(2)3/h6-9,12-13,17H,5,10-11H2,1-4H3,(H,19,20)(H,21,22). The number of hydrogen-bond acceptors (Lipinski definition) is 3. The first kappa shape index (κ1) is 19.0. The second-order valence-electron chi connectivity index (χ2n) is 6.06. The highest BCUT2D eigenvalue weighted by Gasteiger charge is 2.25. The van der Waals surface area contributed by atoms with Crippen LogP contribution in [0.3, 0.4) is 0 Å². The van der Waals surface area contributed by atoms with E-state index in [-0.39, 0.29) is 24.9 Å². The van der Waals surface area contributed by atoms with Gasteiger partial charge in [-0.25, -0.2) is 4.79 Å². The first-order valence-electron chi connectivity index (χ1n) is 8.10. The lowest BCUT2D eigenvalue weighted by molar-refractivity contribution is -0.143. The average Bonchev–Trinajstić information content (AvgIpc) is 2.51. The predicted molar refractivity (Wildman–Crippen MR) is 89.7 cm³/mol. The fourth-order valence-corrected chi connectivity index (χ4v) is 2.27. The van der Waals surface area contributed by atoms with Gasteiger partial charge in [-0.05, 0) is 23.5 Å². The maximum absolute atomic E-state index is 11.9. The van der Waals surface area contributed by atoms with Crippen molar-refractivity contribution in [3.8, 4) is 5.75 Å². The van der Waals surface area contributed by atoms with Gasteiger partial charge < -0.3 is 15.2 Å². The Morgan fingerprint density at radius 2 is 1.87 bits per heavy atom. The van der Waals surface area contributed by atoms with Crippen LogP contribution in [-0.4, -0.2) is 29.6 Å². The van der Waals surface area contributed by atoms with E-state index in [1.165, 1.54) is 0 Å². The third-order valence-electron chi connectivity index (χ3n) is 3.92. The maximum Gasteiger partial charge on any atom is 0.326 e. The molecule has 0 aliphatic carbocycles. The zero-order valence-corrected chi connectivity index (χ0v) is 14.3. The molecule has 0 saturated heterocycles. The Morgan fingerprint density at radius 1 is 1.22 bits per heavy atom. The summed E-state index contributed by atoms with van der Waals surface area (Å²) < 4.78 is 5.69. The molecule has 2 atom stereocenters. The number of carbonyl (C=O) groups excluding carboxylic acids is 1. The van der Waals surface area contributed by atoms with Gasteiger partial charge in [0.25, 0.3) is 0 Å². The van der Waals surface area contributed by atoms with Crippen molar-refractivity contribution in [2.45, 2.75) is 52.5 Å². The van der Waals surface area contributed by atoms with Gasteiger partial charge in [0.05, 0.1) is 13.0 Å². The number of rotatable bonds is 9. The van der Waals surface area contributed by atoms with Gasteiger partial charge in [0, 0.05) is 0 Å². The summed E-state index contributed by atoms with van der Waals surface area (Å²) in [5.74, 6) is -0.314. The van der Waals surface area contributed by atoms with Gasteiger partial charge in [-0.2, -0.15) is 0 Å². The summed E-state index contributed by atoms with van der Waals surface area (Å²) in [6.45, 7) is 8.10. The highest BCUT2D eigenvalue weighted by atomic mass is 16.5. The van der Waals surface area contributed by atoms with E-state index in [2.05, 4.69) is 19.2 Å². The first-order valence-corrected chi connectivity index (χ1v) is 8.10. The SMILES string of the molecule is CCC(C)C(NC(=O)CCOc1ccccc1C(C)C)C(=O)O. The number of para-hydroxylation sites is 1. The lowest BCUT2D eigenvalue weighted by atomic mass is 9.99. The van der Waals surface area contributed by atoms with Gasteiger partial charge in [0.1, 0.15) is 11.8 Å². The van der Waals surface area contributed by atoms with E-state index < -0.39 is 12.0 Å². The quantitative estimate of drug-likeness (QED) is 0.732. The van der Waals surface area contributed by atoms with Gasteiger partial charge in [0.2, 0.25) is 5.91 Å². The normalized spacial score (nSPS) is 13.4. The van der Waals surface area contributed by atoms with E-state index in [0.717, 1.165) is 11.3 Å². The molecule has 0 radical (unpaired) electrons. The smallest absolute Gasteiger partial charge is 0.326 e. The summed E-state index contributed by atoms with van der Waals surface area (Å²) in [5.41, 5.74) is 1.09. The van der Waals surface area contributed by atoms with Crippen LogP contribution < -0.4 is 10.1 Å². The number of aliphatic carboxylic acids is 1. The molecule has 0 spiro atoms. The zero-order chi connectivity index (χ0) is 17.4. The van der Waals surface area contributed by atoms with Crippen LogP contribution in [0.25, 0.3) is 0 Å². The molecule has 0 fully saturated rings.